The first-order chi connectivity index (χ1) is 10.5. The van der Waals surface area contributed by atoms with Crippen LogP contribution in [0, 0.1) is 0 Å². The molecule has 1 saturated heterocycles. The van der Waals surface area contributed by atoms with E-state index in [1.54, 1.807) is 11.0 Å². The third-order valence-electron chi connectivity index (χ3n) is 4.07. The minimum Gasteiger partial charge on any atom is -0.334 e. The fourth-order valence-electron chi connectivity index (χ4n) is 2.92. The Morgan fingerprint density at radius 3 is 2.73 bits per heavy atom. The van der Waals surface area contributed by atoms with E-state index in [2.05, 4.69) is 4.98 Å². The van der Waals surface area contributed by atoms with Crippen molar-refractivity contribution >= 4 is 26.6 Å². The van der Waals surface area contributed by atoms with Crippen LogP contribution in [0.2, 0.25) is 0 Å². The van der Waals surface area contributed by atoms with Crippen LogP contribution in [0.25, 0.3) is 10.9 Å². The maximum atomic E-state index is 12.7. The Morgan fingerprint density at radius 1 is 1.27 bits per heavy atom. The molecule has 3 rings (SSSR count). The maximum Gasteiger partial charge on any atom is 0.272 e. The van der Waals surface area contributed by atoms with E-state index in [-0.39, 0.29) is 23.5 Å². The van der Waals surface area contributed by atoms with Gasteiger partial charge in [-0.2, -0.15) is 0 Å². The van der Waals surface area contributed by atoms with E-state index >= 15 is 0 Å². The van der Waals surface area contributed by atoms with Gasteiger partial charge < -0.3 is 4.90 Å². The number of sulfone groups is 1. The van der Waals surface area contributed by atoms with Crippen LogP contribution in [-0.4, -0.2) is 48.3 Å². The highest BCUT2D eigenvalue weighted by molar-refractivity contribution is 7.91. The van der Waals surface area contributed by atoms with Gasteiger partial charge in [-0.3, -0.25) is 4.79 Å². The number of benzene rings is 1. The molecule has 116 valence electrons. The second kappa shape index (κ2) is 5.68. The Labute approximate surface area is 129 Å². The third kappa shape index (κ3) is 2.83. The molecule has 1 aliphatic heterocycles. The maximum absolute atomic E-state index is 12.7. The first kappa shape index (κ1) is 15.0. The quantitative estimate of drug-likeness (QED) is 0.866. The van der Waals surface area contributed by atoms with E-state index < -0.39 is 9.84 Å². The number of fused-ring (bicyclic) bond motifs is 1. The standard InChI is InChI=1S/C16H18N2O3S/c1-2-18(13-9-10-22(20,21)11-13)16(19)15-8-7-12-5-3-4-6-14(12)17-15/h3-8,13H,2,9-11H2,1H3. The Kier molecular flexibility index (Phi) is 3.87. The molecule has 1 aromatic carbocycles. The van der Waals surface area contributed by atoms with Crippen LogP contribution in [0.3, 0.4) is 0 Å². The lowest BCUT2D eigenvalue weighted by molar-refractivity contribution is 0.0703. The van der Waals surface area contributed by atoms with Crippen molar-refractivity contribution in [2.45, 2.75) is 19.4 Å². The molecule has 0 N–H and O–H groups in total. The first-order valence-electron chi connectivity index (χ1n) is 7.37. The van der Waals surface area contributed by atoms with Crippen molar-refractivity contribution in [2.75, 3.05) is 18.1 Å². The molecule has 1 amide bonds. The normalized spacial score (nSPS) is 20.1. The molecule has 1 aromatic heterocycles. The van der Waals surface area contributed by atoms with Gasteiger partial charge in [-0.15, -0.1) is 0 Å². The highest BCUT2D eigenvalue weighted by Gasteiger charge is 2.34. The second-order valence-corrected chi connectivity index (χ2v) is 7.77. The van der Waals surface area contributed by atoms with Crippen LogP contribution in [-0.2, 0) is 9.84 Å². The van der Waals surface area contributed by atoms with Crippen molar-refractivity contribution in [1.82, 2.24) is 9.88 Å². The number of carbonyl (C=O) groups is 1. The Morgan fingerprint density at radius 2 is 2.05 bits per heavy atom. The van der Waals surface area contributed by atoms with Crippen molar-refractivity contribution < 1.29 is 13.2 Å². The number of aromatic nitrogens is 1. The number of nitrogens with zero attached hydrogens (tertiary/aromatic N) is 2. The lowest BCUT2D eigenvalue weighted by atomic mass is 10.1. The van der Waals surface area contributed by atoms with Gasteiger partial charge in [-0.05, 0) is 25.5 Å². The number of amides is 1. The van der Waals surface area contributed by atoms with Gasteiger partial charge in [-0.1, -0.05) is 24.3 Å². The summed E-state index contributed by atoms with van der Waals surface area (Å²) in [5.41, 5.74) is 1.13. The summed E-state index contributed by atoms with van der Waals surface area (Å²) in [6.45, 7) is 2.34. The Hall–Kier alpha value is -1.95. The summed E-state index contributed by atoms with van der Waals surface area (Å²) in [5, 5.41) is 0.977. The van der Waals surface area contributed by atoms with Gasteiger partial charge in [0.1, 0.15) is 5.69 Å². The number of hydrogen-bond donors (Lipinski definition) is 0. The number of rotatable bonds is 3. The fourth-order valence-corrected chi connectivity index (χ4v) is 4.65. The smallest absolute Gasteiger partial charge is 0.272 e. The number of para-hydroxylation sites is 1. The number of hydrogen-bond acceptors (Lipinski definition) is 4. The highest BCUT2D eigenvalue weighted by Crippen LogP contribution is 2.20. The van der Waals surface area contributed by atoms with Crippen molar-refractivity contribution in [3.63, 3.8) is 0 Å². The summed E-state index contributed by atoms with van der Waals surface area (Å²) in [6.07, 6.45) is 0.509. The SMILES string of the molecule is CCN(C(=O)c1ccc2ccccc2n1)C1CCS(=O)(=O)C1. The predicted molar refractivity (Wildman–Crippen MR) is 85.5 cm³/mol. The molecule has 6 heteroatoms. The van der Waals surface area contributed by atoms with Crippen molar-refractivity contribution in [3.05, 3.63) is 42.1 Å². The average molecular weight is 318 g/mol. The van der Waals surface area contributed by atoms with Gasteiger partial charge in [0.05, 0.1) is 17.0 Å². The van der Waals surface area contributed by atoms with Crippen LogP contribution in [0.5, 0.6) is 0 Å². The number of carbonyl (C=O) groups excluding carboxylic acids is 1. The van der Waals surface area contributed by atoms with E-state index in [9.17, 15) is 13.2 Å². The molecule has 22 heavy (non-hydrogen) atoms. The molecule has 1 fully saturated rings. The molecular formula is C16H18N2O3S. The molecule has 0 radical (unpaired) electrons. The molecule has 2 heterocycles. The van der Waals surface area contributed by atoms with Gasteiger partial charge in [0, 0.05) is 18.0 Å². The van der Waals surface area contributed by atoms with Crippen LogP contribution in [0.1, 0.15) is 23.8 Å². The zero-order valence-electron chi connectivity index (χ0n) is 12.4. The second-order valence-electron chi connectivity index (χ2n) is 5.54. The van der Waals surface area contributed by atoms with Gasteiger partial charge in [0.15, 0.2) is 9.84 Å². The summed E-state index contributed by atoms with van der Waals surface area (Å²) in [6, 6.07) is 10.9. The lowest BCUT2D eigenvalue weighted by Gasteiger charge is -2.26. The van der Waals surface area contributed by atoms with Gasteiger partial charge in [0.25, 0.3) is 5.91 Å². The van der Waals surface area contributed by atoms with E-state index in [1.807, 2.05) is 37.3 Å². The van der Waals surface area contributed by atoms with Crippen LogP contribution >= 0.6 is 0 Å². The summed E-state index contributed by atoms with van der Waals surface area (Å²) in [5.74, 6) is 0.0163. The van der Waals surface area contributed by atoms with E-state index in [0.29, 0.717) is 18.7 Å². The molecule has 0 aliphatic carbocycles. The summed E-state index contributed by atoms with van der Waals surface area (Å²) < 4.78 is 23.3. The van der Waals surface area contributed by atoms with Gasteiger partial charge in [0.2, 0.25) is 0 Å². The molecule has 1 aliphatic rings. The zero-order chi connectivity index (χ0) is 15.7. The first-order valence-corrected chi connectivity index (χ1v) is 9.19. The molecule has 0 saturated carbocycles. The minimum absolute atomic E-state index is 0.0557. The molecule has 2 aromatic rings. The van der Waals surface area contributed by atoms with E-state index in [0.717, 1.165) is 10.9 Å². The van der Waals surface area contributed by atoms with Gasteiger partial charge in [-0.25, -0.2) is 13.4 Å². The summed E-state index contributed by atoms with van der Waals surface area (Å²) >= 11 is 0. The van der Waals surface area contributed by atoms with Gasteiger partial charge >= 0.3 is 0 Å². The van der Waals surface area contributed by atoms with Crippen molar-refractivity contribution in [2.24, 2.45) is 0 Å². The summed E-state index contributed by atoms with van der Waals surface area (Å²) in [4.78, 5) is 18.7. The fraction of sp³-hybridized carbons (Fsp3) is 0.375. The van der Waals surface area contributed by atoms with Crippen LogP contribution in [0.4, 0.5) is 0 Å². The molecule has 0 bridgehead atoms. The van der Waals surface area contributed by atoms with E-state index in [1.165, 1.54) is 0 Å². The molecular weight excluding hydrogens is 300 g/mol. The Balaban J connectivity index is 1.89. The highest BCUT2D eigenvalue weighted by atomic mass is 32.2. The van der Waals surface area contributed by atoms with E-state index in [4.69, 9.17) is 0 Å². The molecule has 5 nitrogen and oxygen atoms in total. The Bertz CT molecular complexity index is 817. The molecule has 0 spiro atoms. The summed E-state index contributed by atoms with van der Waals surface area (Å²) in [7, 11) is -3.02. The predicted octanol–water partition coefficient (Wildman–Crippen LogP) is 1.88. The van der Waals surface area contributed by atoms with Crippen molar-refractivity contribution in [1.29, 1.82) is 0 Å². The monoisotopic (exact) mass is 318 g/mol. The number of pyridine rings is 1. The third-order valence-corrected chi connectivity index (χ3v) is 5.82. The average Bonchev–Trinajstić information content (AvgIpc) is 2.87. The van der Waals surface area contributed by atoms with Crippen molar-refractivity contribution in [3.8, 4) is 0 Å². The zero-order valence-corrected chi connectivity index (χ0v) is 13.2. The lowest BCUT2D eigenvalue weighted by Crippen LogP contribution is -2.41. The van der Waals surface area contributed by atoms with Crippen LogP contribution in [0.15, 0.2) is 36.4 Å². The van der Waals surface area contributed by atoms with Crippen LogP contribution < -0.4 is 0 Å². The topological polar surface area (TPSA) is 67.3 Å². The minimum atomic E-state index is -3.02. The largest absolute Gasteiger partial charge is 0.334 e. The molecule has 1 unspecified atom stereocenters. The molecule has 1 atom stereocenters.